The highest BCUT2D eigenvalue weighted by molar-refractivity contribution is 8.01. The Hall–Kier alpha value is -1.93. The minimum Gasteiger partial charge on any atom is -0.469 e. The smallest absolute Gasteiger partial charge is 0.307 e. The van der Waals surface area contributed by atoms with Gasteiger partial charge in [-0.25, -0.2) is 0 Å². The van der Waals surface area contributed by atoms with Crippen molar-refractivity contribution in [2.45, 2.75) is 17.3 Å². The first-order valence-electron chi connectivity index (χ1n) is 6.96. The Labute approximate surface area is 142 Å². The maximum absolute atomic E-state index is 12.5. The molecule has 2 rings (SSSR count). The van der Waals surface area contributed by atoms with E-state index in [0.29, 0.717) is 13.1 Å². The van der Waals surface area contributed by atoms with Gasteiger partial charge in [-0.2, -0.15) is 0 Å². The fourth-order valence-corrected chi connectivity index (χ4v) is 3.26. The van der Waals surface area contributed by atoms with E-state index in [2.05, 4.69) is 14.9 Å². The zero-order valence-corrected chi connectivity index (χ0v) is 14.3. The van der Waals surface area contributed by atoms with Crippen molar-refractivity contribution in [2.75, 3.05) is 19.4 Å². The first-order valence-corrected chi connectivity index (χ1v) is 8.83. The van der Waals surface area contributed by atoms with Crippen LogP contribution < -0.4 is 0 Å². The summed E-state index contributed by atoms with van der Waals surface area (Å²) in [4.78, 5) is 25.5. The minimum atomic E-state index is -0.326. The molecule has 1 heterocycles. The van der Waals surface area contributed by atoms with Crippen LogP contribution in [-0.2, 0) is 20.9 Å². The fourth-order valence-electron chi connectivity index (χ4n) is 1.86. The van der Waals surface area contributed by atoms with Crippen LogP contribution in [0, 0.1) is 0 Å². The molecule has 0 atom stereocenters. The first kappa shape index (κ1) is 17.4. The Kier molecular flexibility index (Phi) is 7.02. The lowest BCUT2D eigenvalue weighted by molar-refractivity contribution is -0.141. The van der Waals surface area contributed by atoms with Gasteiger partial charge in [0, 0.05) is 13.1 Å². The summed E-state index contributed by atoms with van der Waals surface area (Å²) in [6.45, 7) is 0.796. The van der Waals surface area contributed by atoms with Gasteiger partial charge in [-0.3, -0.25) is 9.59 Å². The normalized spacial score (nSPS) is 10.3. The van der Waals surface area contributed by atoms with E-state index in [1.54, 1.807) is 10.4 Å². The molecule has 0 aliphatic carbocycles. The molecular formula is C15H17N3O3S2. The van der Waals surface area contributed by atoms with Gasteiger partial charge in [0.15, 0.2) is 4.34 Å². The highest BCUT2D eigenvalue weighted by atomic mass is 32.2. The molecule has 0 saturated carbocycles. The lowest BCUT2D eigenvalue weighted by atomic mass is 10.2. The molecule has 122 valence electrons. The van der Waals surface area contributed by atoms with E-state index in [9.17, 15) is 9.59 Å². The van der Waals surface area contributed by atoms with Gasteiger partial charge in [0.2, 0.25) is 5.91 Å². The van der Waals surface area contributed by atoms with Crippen molar-refractivity contribution in [1.29, 1.82) is 0 Å². The Morgan fingerprint density at radius 2 is 2.09 bits per heavy atom. The predicted octanol–water partition coefficient (Wildman–Crippen LogP) is 2.22. The summed E-state index contributed by atoms with van der Waals surface area (Å²) in [5, 5.41) is 7.65. The summed E-state index contributed by atoms with van der Waals surface area (Å²) in [6.07, 6.45) is 0.179. The lowest BCUT2D eigenvalue weighted by Crippen LogP contribution is -2.34. The third kappa shape index (κ3) is 5.99. The standard InChI is InChI=1S/C15H17N3O3S2/c1-21-14(20)7-8-18(9-12-5-3-2-4-6-12)13(19)10-22-15-17-16-11-23-15/h2-6,11H,7-10H2,1H3. The largest absolute Gasteiger partial charge is 0.469 e. The Morgan fingerprint density at radius 3 is 2.74 bits per heavy atom. The summed E-state index contributed by atoms with van der Waals surface area (Å²) in [7, 11) is 1.34. The van der Waals surface area contributed by atoms with E-state index < -0.39 is 0 Å². The zero-order valence-electron chi connectivity index (χ0n) is 12.7. The van der Waals surface area contributed by atoms with Crippen LogP contribution in [0.3, 0.4) is 0 Å². The van der Waals surface area contributed by atoms with Crippen LogP contribution in [0.15, 0.2) is 40.2 Å². The van der Waals surface area contributed by atoms with Crippen LogP contribution in [0.5, 0.6) is 0 Å². The number of aromatic nitrogens is 2. The molecule has 0 spiro atoms. The number of ether oxygens (including phenoxy) is 1. The Balaban J connectivity index is 1.96. The molecule has 0 fully saturated rings. The summed E-state index contributed by atoms with van der Waals surface area (Å²) >= 11 is 2.75. The molecule has 1 amide bonds. The average Bonchev–Trinajstić information content (AvgIpc) is 3.10. The maximum atomic E-state index is 12.5. The van der Waals surface area contributed by atoms with Gasteiger partial charge in [-0.05, 0) is 5.56 Å². The average molecular weight is 351 g/mol. The monoisotopic (exact) mass is 351 g/mol. The molecule has 0 aliphatic heterocycles. The van der Waals surface area contributed by atoms with Gasteiger partial charge in [-0.1, -0.05) is 53.4 Å². The van der Waals surface area contributed by atoms with Gasteiger partial charge in [0.25, 0.3) is 0 Å². The van der Waals surface area contributed by atoms with Crippen molar-refractivity contribution in [3.63, 3.8) is 0 Å². The molecule has 0 bridgehead atoms. The molecule has 1 aromatic heterocycles. The second kappa shape index (κ2) is 9.26. The molecule has 6 nitrogen and oxygen atoms in total. The molecule has 1 aromatic carbocycles. The van der Waals surface area contributed by atoms with Gasteiger partial charge in [0.1, 0.15) is 5.51 Å². The predicted molar refractivity (Wildman–Crippen MR) is 89.1 cm³/mol. The maximum Gasteiger partial charge on any atom is 0.307 e. The second-order valence-electron chi connectivity index (χ2n) is 4.62. The SMILES string of the molecule is COC(=O)CCN(Cc1ccccc1)C(=O)CSc1nncs1. The van der Waals surface area contributed by atoms with E-state index in [1.807, 2.05) is 30.3 Å². The highest BCUT2D eigenvalue weighted by Crippen LogP contribution is 2.19. The van der Waals surface area contributed by atoms with Crippen molar-refractivity contribution < 1.29 is 14.3 Å². The number of carbonyl (C=O) groups is 2. The number of rotatable bonds is 8. The first-order chi connectivity index (χ1) is 11.2. The fraction of sp³-hybridized carbons (Fsp3) is 0.333. The van der Waals surface area contributed by atoms with Crippen LogP contribution in [0.25, 0.3) is 0 Å². The summed E-state index contributed by atoms with van der Waals surface area (Å²) in [5.74, 6) is -0.103. The zero-order chi connectivity index (χ0) is 16.5. The molecule has 0 radical (unpaired) electrons. The number of hydrogen-bond donors (Lipinski definition) is 0. The van der Waals surface area contributed by atoms with Gasteiger partial charge < -0.3 is 9.64 Å². The van der Waals surface area contributed by atoms with E-state index in [4.69, 9.17) is 0 Å². The third-order valence-corrected chi connectivity index (χ3v) is 4.89. The van der Waals surface area contributed by atoms with Crippen molar-refractivity contribution in [2.24, 2.45) is 0 Å². The number of nitrogens with zero attached hydrogens (tertiary/aromatic N) is 3. The topological polar surface area (TPSA) is 72.4 Å². The second-order valence-corrected chi connectivity index (χ2v) is 6.68. The van der Waals surface area contributed by atoms with Crippen LogP contribution in [0.2, 0.25) is 0 Å². The van der Waals surface area contributed by atoms with Crippen LogP contribution in [0.4, 0.5) is 0 Å². The number of methoxy groups -OCH3 is 1. The Morgan fingerprint density at radius 1 is 1.30 bits per heavy atom. The molecule has 0 unspecified atom stereocenters. The van der Waals surface area contributed by atoms with Crippen LogP contribution >= 0.6 is 23.1 Å². The number of esters is 1. The van der Waals surface area contributed by atoms with E-state index in [-0.39, 0.29) is 24.1 Å². The molecule has 0 aliphatic rings. The number of benzene rings is 1. The van der Waals surface area contributed by atoms with Gasteiger partial charge in [0.05, 0.1) is 19.3 Å². The molecular weight excluding hydrogens is 334 g/mol. The molecule has 23 heavy (non-hydrogen) atoms. The Bertz CT molecular complexity index is 620. The van der Waals surface area contributed by atoms with Crippen molar-refractivity contribution in [1.82, 2.24) is 15.1 Å². The van der Waals surface area contributed by atoms with Crippen LogP contribution in [0.1, 0.15) is 12.0 Å². The van der Waals surface area contributed by atoms with Crippen molar-refractivity contribution >= 4 is 35.0 Å². The minimum absolute atomic E-state index is 0.0436. The number of amides is 1. The molecule has 2 aromatic rings. The highest BCUT2D eigenvalue weighted by Gasteiger charge is 2.16. The summed E-state index contributed by atoms with van der Waals surface area (Å²) in [6, 6.07) is 9.69. The number of carbonyl (C=O) groups excluding carboxylic acids is 2. The lowest BCUT2D eigenvalue weighted by Gasteiger charge is -2.22. The molecule has 0 N–H and O–H groups in total. The van der Waals surface area contributed by atoms with Crippen molar-refractivity contribution in [3.05, 3.63) is 41.4 Å². The number of thioether (sulfide) groups is 1. The quantitative estimate of drug-likeness (QED) is 0.536. The van der Waals surface area contributed by atoms with E-state index in [0.717, 1.165) is 9.90 Å². The molecule has 0 saturated heterocycles. The van der Waals surface area contributed by atoms with Crippen molar-refractivity contribution in [3.8, 4) is 0 Å². The molecule has 8 heteroatoms. The number of hydrogen-bond acceptors (Lipinski definition) is 7. The van der Waals surface area contributed by atoms with E-state index >= 15 is 0 Å². The third-order valence-electron chi connectivity index (χ3n) is 3.04. The van der Waals surface area contributed by atoms with Gasteiger partial charge >= 0.3 is 5.97 Å². The summed E-state index contributed by atoms with van der Waals surface area (Å²) in [5.41, 5.74) is 2.65. The van der Waals surface area contributed by atoms with Crippen LogP contribution in [-0.4, -0.2) is 46.4 Å². The summed E-state index contributed by atoms with van der Waals surface area (Å²) < 4.78 is 5.41. The van der Waals surface area contributed by atoms with Gasteiger partial charge in [-0.15, -0.1) is 10.2 Å². The van der Waals surface area contributed by atoms with E-state index in [1.165, 1.54) is 30.2 Å².